The molecule has 3 aromatic heterocycles. The summed E-state index contributed by atoms with van der Waals surface area (Å²) in [6, 6.07) is 7.59. The lowest BCUT2D eigenvalue weighted by molar-refractivity contribution is 0.0947. The van der Waals surface area contributed by atoms with Crippen LogP contribution in [0.5, 0.6) is 0 Å². The first-order chi connectivity index (χ1) is 17.1. The third-order valence-electron chi connectivity index (χ3n) is 5.61. The van der Waals surface area contributed by atoms with E-state index in [4.69, 9.17) is 14.7 Å². The molecular formula is C23H25FN8O2S. The number of aromatic nitrogens is 6. The highest BCUT2D eigenvalue weighted by Crippen LogP contribution is 2.27. The summed E-state index contributed by atoms with van der Waals surface area (Å²) in [6.45, 7) is 5.74. The van der Waals surface area contributed by atoms with Crippen molar-refractivity contribution in [1.29, 1.82) is 0 Å². The molecule has 1 amide bonds. The zero-order valence-corrected chi connectivity index (χ0v) is 20.0. The van der Waals surface area contributed by atoms with Crippen LogP contribution < -0.4 is 10.2 Å². The van der Waals surface area contributed by atoms with Crippen molar-refractivity contribution in [2.75, 3.05) is 43.5 Å². The van der Waals surface area contributed by atoms with Crippen LogP contribution in [0.4, 0.5) is 10.2 Å². The number of nitrogens with zero attached hydrogens (tertiary/aromatic N) is 6. The largest absolute Gasteiger partial charge is 0.378 e. The standard InChI is InChI=1S/C23H25FN8O2S/c1-2-35-23-27-20(31-9-11-34-12-10-31)17-14-26-32(21(17)28-23)8-7-25-22(33)19-13-18(29-30-19)15-3-5-16(24)6-4-15/h3-6,13-14H,2,7-12H2,1H3,(H,25,33)(H,29,30). The number of morpholine rings is 1. The zero-order valence-electron chi connectivity index (χ0n) is 19.2. The first kappa shape index (κ1) is 23.2. The molecule has 0 radical (unpaired) electrons. The van der Waals surface area contributed by atoms with Gasteiger partial charge in [-0.15, -0.1) is 0 Å². The quantitative estimate of drug-likeness (QED) is 0.283. The summed E-state index contributed by atoms with van der Waals surface area (Å²) in [5, 5.41) is 15.9. The Kier molecular flexibility index (Phi) is 6.91. The molecular weight excluding hydrogens is 471 g/mol. The lowest BCUT2D eigenvalue weighted by Gasteiger charge is -2.28. The van der Waals surface area contributed by atoms with Crippen LogP contribution in [-0.4, -0.2) is 74.5 Å². The maximum atomic E-state index is 13.2. The Morgan fingerprint density at radius 1 is 1.23 bits per heavy atom. The summed E-state index contributed by atoms with van der Waals surface area (Å²) in [4.78, 5) is 24.3. The fourth-order valence-corrected chi connectivity index (χ4v) is 4.43. The monoisotopic (exact) mass is 496 g/mol. The number of thioether (sulfide) groups is 1. The van der Waals surface area contributed by atoms with E-state index < -0.39 is 0 Å². The maximum absolute atomic E-state index is 13.2. The van der Waals surface area contributed by atoms with E-state index in [0.29, 0.717) is 42.8 Å². The Morgan fingerprint density at radius 2 is 2.03 bits per heavy atom. The SMILES string of the molecule is CCSc1nc(N2CCOCC2)c2cnn(CCNC(=O)c3cc(-c4ccc(F)cc4)n[nH]3)c2n1. The van der Waals surface area contributed by atoms with Gasteiger partial charge in [0.2, 0.25) is 0 Å². The van der Waals surface area contributed by atoms with E-state index in [-0.39, 0.29) is 11.7 Å². The van der Waals surface area contributed by atoms with Gasteiger partial charge in [-0.1, -0.05) is 18.7 Å². The summed E-state index contributed by atoms with van der Waals surface area (Å²) < 4.78 is 20.4. The third kappa shape index (κ3) is 5.13. The minimum absolute atomic E-state index is 0.284. The van der Waals surface area contributed by atoms with Crippen molar-refractivity contribution in [2.45, 2.75) is 18.6 Å². The third-order valence-corrected chi connectivity index (χ3v) is 6.34. The molecule has 1 fully saturated rings. The molecule has 0 saturated carbocycles. The molecule has 0 bridgehead atoms. The van der Waals surface area contributed by atoms with Crippen LogP contribution in [0.2, 0.25) is 0 Å². The normalized spacial score (nSPS) is 13.9. The van der Waals surface area contributed by atoms with Gasteiger partial charge < -0.3 is 15.0 Å². The number of amides is 1. The lowest BCUT2D eigenvalue weighted by atomic mass is 10.1. The summed E-state index contributed by atoms with van der Waals surface area (Å²) >= 11 is 1.58. The van der Waals surface area contributed by atoms with E-state index in [2.05, 4.69) is 32.4 Å². The molecule has 4 aromatic rings. The summed E-state index contributed by atoms with van der Waals surface area (Å²) in [5.74, 6) is 1.13. The van der Waals surface area contributed by atoms with Crippen molar-refractivity contribution in [2.24, 2.45) is 0 Å². The number of rotatable bonds is 8. The van der Waals surface area contributed by atoms with Crippen LogP contribution in [0.1, 0.15) is 17.4 Å². The van der Waals surface area contributed by atoms with Crippen molar-refractivity contribution < 1.29 is 13.9 Å². The molecule has 2 N–H and O–H groups in total. The van der Waals surface area contributed by atoms with Gasteiger partial charge in [-0.2, -0.15) is 10.2 Å². The number of hydrogen-bond donors (Lipinski definition) is 2. The van der Waals surface area contributed by atoms with Crippen molar-refractivity contribution in [3.63, 3.8) is 0 Å². The van der Waals surface area contributed by atoms with Crippen LogP contribution in [-0.2, 0) is 11.3 Å². The van der Waals surface area contributed by atoms with Gasteiger partial charge in [-0.05, 0) is 36.1 Å². The predicted octanol–water partition coefficient (Wildman–Crippen LogP) is 2.73. The van der Waals surface area contributed by atoms with Crippen molar-refractivity contribution >= 4 is 34.5 Å². The van der Waals surface area contributed by atoms with Gasteiger partial charge in [-0.3, -0.25) is 9.89 Å². The number of H-pyrrole nitrogens is 1. The Morgan fingerprint density at radius 3 is 2.80 bits per heavy atom. The molecule has 1 saturated heterocycles. The highest BCUT2D eigenvalue weighted by atomic mass is 32.2. The van der Waals surface area contributed by atoms with E-state index in [9.17, 15) is 9.18 Å². The van der Waals surface area contributed by atoms with Crippen molar-refractivity contribution in [1.82, 2.24) is 35.3 Å². The second-order valence-electron chi connectivity index (χ2n) is 7.90. The molecule has 0 atom stereocenters. The molecule has 182 valence electrons. The molecule has 35 heavy (non-hydrogen) atoms. The van der Waals surface area contributed by atoms with E-state index in [1.165, 1.54) is 12.1 Å². The number of halogens is 1. The smallest absolute Gasteiger partial charge is 0.269 e. The fourth-order valence-electron chi connectivity index (χ4n) is 3.87. The van der Waals surface area contributed by atoms with Gasteiger partial charge >= 0.3 is 0 Å². The molecule has 10 nitrogen and oxygen atoms in total. The molecule has 12 heteroatoms. The number of carbonyl (C=O) groups is 1. The van der Waals surface area contributed by atoms with Gasteiger partial charge in [0, 0.05) is 25.2 Å². The number of ether oxygens (including phenoxy) is 1. The van der Waals surface area contributed by atoms with E-state index in [1.807, 2.05) is 0 Å². The average molecular weight is 497 g/mol. The molecule has 0 spiro atoms. The molecule has 0 aliphatic carbocycles. The van der Waals surface area contributed by atoms with E-state index in [0.717, 1.165) is 41.3 Å². The molecule has 5 rings (SSSR count). The summed E-state index contributed by atoms with van der Waals surface area (Å²) in [7, 11) is 0. The molecule has 0 unspecified atom stereocenters. The number of anilines is 1. The topological polar surface area (TPSA) is 114 Å². The van der Waals surface area contributed by atoms with Crippen molar-refractivity contribution in [3.8, 4) is 11.3 Å². The number of benzene rings is 1. The van der Waals surface area contributed by atoms with Gasteiger partial charge in [0.25, 0.3) is 5.91 Å². The molecule has 4 heterocycles. The number of carbonyl (C=O) groups excluding carboxylic acids is 1. The van der Waals surface area contributed by atoms with Crippen LogP contribution in [0.3, 0.4) is 0 Å². The Hall–Kier alpha value is -3.51. The predicted molar refractivity (Wildman–Crippen MR) is 131 cm³/mol. The number of fused-ring (bicyclic) bond motifs is 1. The zero-order chi connectivity index (χ0) is 24.2. The number of hydrogen-bond acceptors (Lipinski definition) is 8. The first-order valence-electron chi connectivity index (χ1n) is 11.4. The molecule has 1 aliphatic heterocycles. The van der Waals surface area contributed by atoms with Gasteiger partial charge in [0.05, 0.1) is 37.0 Å². The van der Waals surface area contributed by atoms with Crippen LogP contribution in [0.15, 0.2) is 41.7 Å². The van der Waals surface area contributed by atoms with E-state index in [1.54, 1.807) is 40.8 Å². The Labute approximate surface area is 205 Å². The minimum atomic E-state index is -0.323. The van der Waals surface area contributed by atoms with Gasteiger partial charge in [0.1, 0.15) is 17.3 Å². The summed E-state index contributed by atoms with van der Waals surface area (Å²) in [5.41, 5.74) is 2.36. The average Bonchev–Trinajstić information content (AvgIpc) is 3.53. The highest BCUT2D eigenvalue weighted by molar-refractivity contribution is 7.99. The van der Waals surface area contributed by atoms with Crippen LogP contribution in [0, 0.1) is 5.82 Å². The fraction of sp³-hybridized carbons (Fsp3) is 0.348. The molecule has 1 aliphatic rings. The highest BCUT2D eigenvalue weighted by Gasteiger charge is 2.20. The lowest BCUT2D eigenvalue weighted by Crippen LogP contribution is -2.37. The second kappa shape index (κ2) is 10.4. The van der Waals surface area contributed by atoms with Gasteiger partial charge in [-0.25, -0.2) is 19.0 Å². The van der Waals surface area contributed by atoms with Crippen LogP contribution in [0.25, 0.3) is 22.3 Å². The maximum Gasteiger partial charge on any atom is 0.269 e. The van der Waals surface area contributed by atoms with Gasteiger partial charge in [0.15, 0.2) is 10.8 Å². The van der Waals surface area contributed by atoms with Crippen LogP contribution >= 0.6 is 11.8 Å². The number of nitrogens with one attached hydrogen (secondary N) is 2. The summed E-state index contributed by atoms with van der Waals surface area (Å²) in [6.07, 6.45) is 1.78. The second-order valence-corrected chi connectivity index (χ2v) is 9.13. The van der Waals surface area contributed by atoms with Crippen molar-refractivity contribution in [3.05, 3.63) is 48.0 Å². The Bertz CT molecular complexity index is 1320. The Balaban J connectivity index is 1.28. The first-order valence-corrected chi connectivity index (χ1v) is 12.4. The molecule has 1 aromatic carbocycles. The van der Waals surface area contributed by atoms with E-state index >= 15 is 0 Å². The minimum Gasteiger partial charge on any atom is -0.378 e. The number of aromatic amines is 1.